The lowest BCUT2D eigenvalue weighted by Gasteiger charge is -2.43. The minimum Gasteiger partial charge on any atom is -0.369 e. The second-order valence-electron chi connectivity index (χ2n) is 10.7. The van der Waals surface area contributed by atoms with E-state index in [1.165, 1.54) is 43.6 Å². The molecule has 4 nitrogen and oxygen atoms in total. The molecular formula is C35H54N4. The van der Waals surface area contributed by atoms with E-state index in [-0.39, 0.29) is 0 Å². The Labute approximate surface area is 240 Å². The van der Waals surface area contributed by atoms with Crippen LogP contribution in [0.3, 0.4) is 0 Å². The standard InChI is InChI=1S/C35H54N4/c1-10-17-35(31(14-5)26-30(13-4)29(9)36-28(8)12-3)37-34(27(7)11-2)21-20-32(15-6)38-22-24-39(25-23-38)33-18-16-19-33/h10,12,14-15,17,20-21,26-27,33H,1,11,13,16,18-19,22-25H2,2-9H3/b21-20-,28-12-,30-26-,31-14+,32-15+,35-17?,36-29-,37-34?. The van der Waals surface area contributed by atoms with Gasteiger partial charge in [-0.2, -0.15) is 0 Å². The third-order valence-electron chi connectivity index (χ3n) is 8.18. The number of nitrogens with zero attached hydrogens (tertiary/aromatic N) is 4. The Balaban J connectivity index is 2.33. The zero-order valence-electron chi connectivity index (χ0n) is 26.1. The molecule has 0 aromatic carbocycles. The van der Waals surface area contributed by atoms with Crippen LogP contribution in [0.2, 0.25) is 0 Å². The molecule has 1 aliphatic carbocycles. The van der Waals surface area contributed by atoms with Crippen molar-refractivity contribution < 1.29 is 0 Å². The van der Waals surface area contributed by atoms with Crippen molar-refractivity contribution in [2.75, 3.05) is 26.2 Å². The quantitative estimate of drug-likeness (QED) is 0.176. The van der Waals surface area contributed by atoms with E-state index < -0.39 is 0 Å². The van der Waals surface area contributed by atoms with E-state index in [9.17, 15) is 0 Å². The minimum absolute atomic E-state index is 0.344. The molecule has 2 fully saturated rings. The summed E-state index contributed by atoms with van der Waals surface area (Å²) in [5, 5.41) is 0. The van der Waals surface area contributed by atoms with Crippen molar-refractivity contribution in [2.45, 2.75) is 93.5 Å². The number of piperazine rings is 1. The van der Waals surface area contributed by atoms with Crippen LogP contribution in [0.15, 0.2) is 93.4 Å². The number of rotatable bonds is 13. The van der Waals surface area contributed by atoms with Gasteiger partial charge in [0.1, 0.15) is 0 Å². The smallest absolute Gasteiger partial charge is 0.0701 e. The first-order chi connectivity index (χ1) is 18.8. The Morgan fingerprint density at radius 1 is 0.949 bits per heavy atom. The van der Waals surface area contributed by atoms with Crippen LogP contribution < -0.4 is 0 Å². The molecular weight excluding hydrogens is 476 g/mol. The number of hydrogen-bond acceptors (Lipinski definition) is 4. The molecule has 1 saturated heterocycles. The van der Waals surface area contributed by atoms with E-state index in [1.54, 1.807) is 0 Å². The van der Waals surface area contributed by atoms with Crippen molar-refractivity contribution in [3.63, 3.8) is 0 Å². The molecule has 0 spiro atoms. The Hall–Kier alpha value is -2.72. The summed E-state index contributed by atoms with van der Waals surface area (Å²) < 4.78 is 0. The van der Waals surface area contributed by atoms with Gasteiger partial charge in [-0.25, -0.2) is 0 Å². The van der Waals surface area contributed by atoms with E-state index in [2.05, 4.69) is 88.3 Å². The van der Waals surface area contributed by atoms with Gasteiger partial charge in [0.05, 0.1) is 5.70 Å². The highest BCUT2D eigenvalue weighted by Crippen LogP contribution is 2.26. The second-order valence-corrected chi connectivity index (χ2v) is 10.7. The van der Waals surface area contributed by atoms with Crippen LogP contribution in [-0.4, -0.2) is 53.4 Å². The number of allylic oxidation sites excluding steroid dienone is 10. The lowest BCUT2D eigenvalue weighted by Crippen LogP contribution is -2.51. The first kappa shape index (κ1) is 32.5. The van der Waals surface area contributed by atoms with Crippen LogP contribution >= 0.6 is 0 Å². The van der Waals surface area contributed by atoms with Crippen molar-refractivity contribution in [3.8, 4) is 0 Å². The summed E-state index contributed by atoms with van der Waals surface area (Å²) in [5.74, 6) is 0.344. The second kappa shape index (κ2) is 17.1. The molecule has 0 aromatic heterocycles. The summed E-state index contributed by atoms with van der Waals surface area (Å²) in [4.78, 5) is 15.2. The normalized spacial score (nSPS) is 21.0. The summed E-state index contributed by atoms with van der Waals surface area (Å²) in [6.45, 7) is 25.6. The Kier molecular flexibility index (Phi) is 14.2. The van der Waals surface area contributed by atoms with Gasteiger partial charge in [-0.3, -0.25) is 14.9 Å². The van der Waals surface area contributed by atoms with Gasteiger partial charge in [-0.1, -0.05) is 58.1 Å². The Bertz CT molecular complexity index is 1050. The van der Waals surface area contributed by atoms with Gasteiger partial charge in [-0.15, -0.1) is 0 Å². The van der Waals surface area contributed by atoms with Crippen molar-refractivity contribution in [3.05, 3.63) is 83.4 Å². The largest absolute Gasteiger partial charge is 0.369 e. The van der Waals surface area contributed by atoms with Gasteiger partial charge in [0.25, 0.3) is 0 Å². The molecule has 2 aliphatic rings. The fourth-order valence-electron chi connectivity index (χ4n) is 4.98. The van der Waals surface area contributed by atoms with Crippen LogP contribution in [0.25, 0.3) is 0 Å². The van der Waals surface area contributed by atoms with Crippen LogP contribution in [0.5, 0.6) is 0 Å². The fraction of sp³-hybridized carbons (Fsp3) is 0.543. The molecule has 39 heavy (non-hydrogen) atoms. The van der Waals surface area contributed by atoms with Gasteiger partial charge >= 0.3 is 0 Å². The lowest BCUT2D eigenvalue weighted by atomic mass is 9.91. The molecule has 214 valence electrons. The molecule has 1 atom stereocenters. The SMILES string of the molecule is C=CC=C(N=C(/C=C\C(=C/C)N1CCN(C2CCC2)CC1)C(C)CC)C(/C=C(CC)\C(C)=N/C(C)=C\C)=C/C. The molecule has 0 amide bonds. The van der Waals surface area contributed by atoms with E-state index in [0.29, 0.717) is 5.92 Å². The third-order valence-corrected chi connectivity index (χ3v) is 8.18. The first-order valence-electron chi connectivity index (χ1n) is 15.1. The topological polar surface area (TPSA) is 31.2 Å². The molecule has 2 rings (SSSR count). The molecule has 1 unspecified atom stereocenters. The first-order valence-corrected chi connectivity index (χ1v) is 15.1. The highest BCUT2D eigenvalue weighted by Gasteiger charge is 2.28. The Morgan fingerprint density at radius 2 is 1.64 bits per heavy atom. The summed E-state index contributed by atoms with van der Waals surface area (Å²) in [5.41, 5.74) is 7.70. The predicted octanol–water partition coefficient (Wildman–Crippen LogP) is 8.84. The summed E-state index contributed by atoms with van der Waals surface area (Å²) >= 11 is 0. The van der Waals surface area contributed by atoms with Gasteiger partial charge in [0.15, 0.2) is 0 Å². The molecule has 4 heteroatoms. The van der Waals surface area contributed by atoms with Crippen molar-refractivity contribution in [2.24, 2.45) is 15.9 Å². The van der Waals surface area contributed by atoms with Gasteiger partial charge < -0.3 is 4.90 Å². The molecule has 0 bridgehead atoms. The average molecular weight is 531 g/mol. The molecule has 0 aromatic rings. The molecule has 0 radical (unpaired) electrons. The molecule has 1 saturated carbocycles. The predicted molar refractivity (Wildman–Crippen MR) is 174 cm³/mol. The van der Waals surface area contributed by atoms with E-state index in [0.717, 1.165) is 60.4 Å². The highest BCUT2D eigenvalue weighted by molar-refractivity contribution is 6.00. The van der Waals surface area contributed by atoms with Gasteiger partial charge in [0.2, 0.25) is 0 Å². The number of aliphatic imine (C=N–C) groups is 2. The molecule has 0 N–H and O–H groups in total. The number of hydrogen-bond donors (Lipinski definition) is 0. The van der Waals surface area contributed by atoms with Gasteiger partial charge in [0, 0.05) is 55.0 Å². The van der Waals surface area contributed by atoms with Crippen LogP contribution in [-0.2, 0) is 0 Å². The summed E-state index contributed by atoms with van der Waals surface area (Å²) in [6, 6.07) is 0.834. The maximum absolute atomic E-state index is 5.24. The van der Waals surface area contributed by atoms with Crippen molar-refractivity contribution in [1.82, 2.24) is 9.80 Å². The van der Waals surface area contributed by atoms with E-state index in [4.69, 9.17) is 9.98 Å². The highest BCUT2D eigenvalue weighted by atomic mass is 15.3. The zero-order valence-corrected chi connectivity index (χ0v) is 26.1. The zero-order chi connectivity index (χ0) is 28.8. The molecule has 1 heterocycles. The Morgan fingerprint density at radius 3 is 2.13 bits per heavy atom. The summed E-state index contributed by atoms with van der Waals surface area (Å²) in [7, 11) is 0. The van der Waals surface area contributed by atoms with E-state index >= 15 is 0 Å². The maximum atomic E-state index is 5.24. The van der Waals surface area contributed by atoms with E-state index in [1.807, 2.05) is 32.1 Å². The minimum atomic E-state index is 0.344. The van der Waals surface area contributed by atoms with Gasteiger partial charge in [-0.05, 0) is 102 Å². The lowest BCUT2D eigenvalue weighted by molar-refractivity contribution is 0.0759. The fourth-order valence-corrected chi connectivity index (χ4v) is 4.98. The van der Waals surface area contributed by atoms with Crippen molar-refractivity contribution in [1.29, 1.82) is 0 Å². The third kappa shape index (κ3) is 9.76. The van der Waals surface area contributed by atoms with Crippen LogP contribution in [0, 0.1) is 5.92 Å². The maximum Gasteiger partial charge on any atom is 0.0701 e. The monoisotopic (exact) mass is 530 g/mol. The molecule has 1 aliphatic heterocycles. The van der Waals surface area contributed by atoms with Crippen LogP contribution in [0.4, 0.5) is 0 Å². The van der Waals surface area contributed by atoms with Crippen LogP contribution in [0.1, 0.15) is 87.5 Å². The summed E-state index contributed by atoms with van der Waals surface area (Å²) in [6.07, 6.45) is 23.1. The average Bonchev–Trinajstić information content (AvgIpc) is 2.92. The van der Waals surface area contributed by atoms with Crippen molar-refractivity contribution >= 4 is 11.4 Å².